The number of benzene rings is 1. The van der Waals surface area contributed by atoms with Gasteiger partial charge in [0, 0.05) is 20.1 Å². The average molecular weight is 402 g/mol. The van der Waals surface area contributed by atoms with Crippen LogP contribution < -0.4 is 15.4 Å². The molecule has 0 radical (unpaired) electrons. The normalized spacial score (nSPS) is 21.0. The van der Waals surface area contributed by atoms with Gasteiger partial charge in [0.2, 0.25) is 0 Å². The van der Waals surface area contributed by atoms with Gasteiger partial charge in [0.1, 0.15) is 5.75 Å². The van der Waals surface area contributed by atoms with E-state index < -0.39 is 0 Å². The SMILES string of the molecule is CN=C(NCC1CCN(C)CC1)NCC(c1ccc(OC)cc1)N1CCCCC1. The summed E-state index contributed by atoms with van der Waals surface area (Å²) in [6, 6.07) is 8.89. The van der Waals surface area contributed by atoms with Gasteiger partial charge in [-0.25, -0.2) is 0 Å². The van der Waals surface area contributed by atoms with Gasteiger partial charge in [-0.05, 0) is 82.5 Å². The summed E-state index contributed by atoms with van der Waals surface area (Å²) < 4.78 is 5.34. The third-order valence-corrected chi connectivity index (χ3v) is 6.41. The highest BCUT2D eigenvalue weighted by Gasteiger charge is 2.23. The van der Waals surface area contributed by atoms with Crippen LogP contribution in [0.2, 0.25) is 0 Å². The summed E-state index contributed by atoms with van der Waals surface area (Å²) in [5.41, 5.74) is 1.34. The summed E-state index contributed by atoms with van der Waals surface area (Å²) in [6.07, 6.45) is 6.45. The van der Waals surface area contributed by atoms with E-state index in [2.05, 4.69) is 56.7 Å². The Morgan fingerprint density at radius 3 is 2.38 bits per heavy atom. The molecule has 0 saturated carbocycles. The molecule has 29 heavy (non-hydrogen) atoms. The number of nitrogens with zero attached hydrogens (tertiary/aromatic N) is 3. The summed E-state index contributed by atoms with van der Waals surface area (Å²) in [5.74, 6) is 2.57. The van der Waals surface area contributed by atoms with Gasteiger partial charge < -0.3 is 20.3 Å². The molecule has 6 nitrogen and oxygen atoms in total. The van der Waals surface area contributed by atoms with Crippen LogP contribution in [-0.4, -0.2) is 76.2 Å². The number of guanidine groups is 1. The van der Waals surface area contributed by atoms with Crippen LogP contribution in [0.1, 0.15) is 43.7 Å². The first-order valence-corrected chi connectivity index (χ1v) is 11.2. The molecule has 2 N–H and O–H groups in total. The van der Waals surface area contributed by atoms with Crippen LogP contribution in [-0.2, 0) is 0 Å². The summed E-state index contributed by atoms with van der Waals surface area (Å²) in [7, 11) is 5.80. The molecule has 1 atom stereocenters. The van der Waals surface area contributed by atoms with E-state index in [1.807, 2.05) is 7.05 Å². The maximum atomic E-state index is 5.34. The average Bonchev–Trinajstić information content (AvgIpc) is 2.78. The Hall–Kier alpha value is -1.79. The van der Waals surface area contributed by atoms with Gasteiger partial charge >= 0.3 is 0 Å². The standard InChI is InChI=1S/C23H39N5O/c1-24-23(25-17-19-11-15-27(2)16-12-19)26-18-22(28-13-5-4-6-14-28)20-7-9-21(29-3)10-8-20/h7-10,19,22H,4-6,11-18H2,1-3H3,(H2,24,25,26). The zero-order valence-corrected chi connectivity index (χ0v) is 18.5. The zero-order valence-electron chi connectivity index (χ0n) is 18.5. The van der Waals surface area contributed by atoms with Crippen molar-refractivity contribution < 1.29 is 4.74 Å². The lowest BCUT2D eigenvalue weighted by atomic mass is 9.97. The lowest BCUT2D eigenvalue weighted by molar-refractivity contribution is 0.164. The Bertz CT molecular complexity index is 619. The van der Waals surface area contributed by atoms with Crippen molar-refractivity contribution in [3.8, 4) is 5.75 Å². The third kappa shape index (κ3) is 6.61. The van der Waals surface area contributed by atoms with Gasteiger partial charge in [0.05, 0.1) is 13.2 Å². The maximum Gasteiger partial charge on any atom is 0.191 e. The molecule has 0 bridgehead atoms. The fourth-order valence-electron chi connectivity index (χ4n) is 4.44. The largest absolute Gasteiger partial charge is 0.497 e. The van der Waals surface area contributed by atoms with Crippen LogP contribution in [0.3, 0.4) is 0 Å². The molecule has 6 heteroatoms. The molecule has 3 rings (SSSR count). The minimum atomic E-state index is 0.350. The zero-order chi connectivity index (χ0) is 20.5. The topological polar surface area (TPSA) is 52.1 Å². The number of likely N-dealkylation sites (tertiary alicyclic amines) is 2. The van der Waals surface area contributed by atoms with Gasteiger partial charge in [-0.15, -0.1) is 0 Å². The van der Waals surface area contributed by atoms with Crippen LogP contribution in [0.15, 0.2) is 29.3 Å². The van der Waals surface area contributed by atoms with Gasteiger partial charge in [-0.2, -0.15) is 0 Å². The van der Waals surface area contributed by atoms with Crippen molar-refractivity contribution >= 4 is 5.96 Å². The molecule has 2 aliphatic heterocycles. The van der Waals surface area contributed by atoms with Crippen LogP contribution in [0.4, 0.5) is 0 Å². The Morgan fingerprint density at radius 2 is 1.76 bits per heavy atom. The molecule has 162 valence electrons. The van der Waals surface area contributed by atoms with E-state index in [4.69, 9.17) is 4.74 Å². The predicted molar refractivity (Wildman–Crippen MR) is 121 cm³/mol. The highest BCUT2D eigenvalue weighted by molar-refractivity contribution is 5.79. The van der Waals surface area contributed by atoms with E-state index in [1.165, 1.54) is 63.8 Å². The number of rotatable bonds is 7. The van der Waals surface area contributed by atoms with Gasteiger partial charge in [0.15, 0.2) is 5.96 Å². The van der Waals surface area contributed by atoms with E-state index >= 15 is 0 Å². The number of methoxy groups -OCH3 is 1. The van der Waals surface area contributed by atoms with Crippen molar-refractivity contribution in [3.05, 3.63) is 29.8 Å². The Kier molecular flexibility index (Phi) is 8.62. The van der Waals surface area contributed by atoms with Crippen molar-refractivity contribution in [2.75, 3.05) is 60.5 Å². The lowest BCUT2D eigenvalue weighted by Crippen LogP contribution is -2.46. The molecular formula is C23H39N5O. The van der Waals surface area contributed by atoms with E-state index in [1.54, 1.807) is 7.11 Å². The Balaban J connectivity index is 1.57. The lowest BCUT2D eigenvalue weighted by Gasteiger charge is -2.35. The number of ether oxygens (including phenoxy) is 1. The van der Waals surface area contributed by atoms with E-state index in [-0.39, 0.29) is 0 Å². The molecule has 2 fully saturated rings. The molecule has 0 aliphatic carbocycles. The number of aliphatic imine (C=N–C) groups is 1. The minimum Gasteiger partial charge on any atom is -0.497 e. The van der Waals surface area contributed by atoms with Crippen molar-refractivity contribution in [2.45, 2.75) is 38.1 Å². The summed E-state index contributed by atoms with van der Waals surface area (Å²) in [6.45, 7) is 6.60. The molecule has 2 aliphatic rings. The van der Waals surface area contributed by atoms with Gasteiger partial charge in [0.25, 0.3) is 0 Å². The van der Waals surface area contributed by atoms with E-state index in [9.17, 15) is 0 Å². The fraction of sp³-hybridized carbons (Fsp3) is 0.696. The van der Waals surface area contributed by atoms with Crippen LogP contribution in [0.25, 0.3) is 0 Å². The minimum absolute atomic E-state index is 0.350. The second-order valence-corrected chi connectivity index (χ2v) is 8.47. The van der Waals surface area contributed by atoms with Crippen LogP contribution in [0, 0.1) is 5.92 Å². The predicted octanol–water partition coefficient (Wildman–Crippen LogP) is 2.73. The highest BCUT2D eigenvalue weighted by Crippen LogP contribution is 2.26. The first kappa shape index (κ1) is 21.9. The first-order chi connectivity index (χ1) is 14.2. The number of nitrogens with one attached hydrogen (secondary N) is 2. The number of piperidine rings is 2. The molecule has 1 unspecified atom stereocenters. The van der Waals surface area contributed by atoms with Gasteiger partial charge in [-0.1, -0.05) is 18.6 Å². The number of hydrogen-bond acceptors (Lipinski definition) is 4. The summed E-state index contributed by atoms with van der Waals surface area (Å²) in [4.78, 5) is 9.50. The summed E-state index contributed by atoms with van der Waals surface area (Å²) in [5, 5.41) is 7.16. The quantitative estimate of drug-likeness (QED) is 0.544. The van der Waals surface area contributed by atoms with Crippen LogP contribution >= 0.6 is 0 Å². The maximum absolute atomic E-state index is 5.34. The molecule has 0 aromatic heterocycles. The molecule has 2 saturated heterocycles. The third-order valence-electron chi connectivity index (χ3n) is 6.41. The first-order valence-electron chi connectivity index (χ1n) is 11.2. The Morgan fingerprint density at radius 1 is 1.07 bits per heavy atom. The van der Waals surface area contributed by atoms with E-state index in [0.717, 1.165) is 30.7 Å². The fourth-order valence-corrected chi connectivity index (χ4v) is 4.44. The molecule has 0 spiro atoms. The molecular weight excluding hydrogens is 362 g/mol. The number of hydrogen-bond donors (Lipinski definition) is 2. The smallest absolute Gasteiger partial charge is 0.191 e. The molecule has 1 aromatic carbocycles. The summed E-state index contributed by atoms with van der Waals surface area (Å²) >= 11 is 0. The van der Waals surface area contributed by atoms with Crippen molar-refractivity contribution in [1.29, 1.82) is 0 Å². The monoisotopic (exact) mass is 401 g/mol. The van der Waals surface area contributed by atoms with Gasteiger partial charge in [-0.3, -0.25) is 9.89 Å². The van der Waals surface area contributed by atoms with Crippen molar-refractivity contribution in [3.63, 3.8) is 0 Å². The highest BCUT2D eigenvalue weighted by atomic mass is 16.5. The Labute approximate surface area is 176 Å². The molecule has 2 heterocycles. The van der Waals surface area contributed by atoms with Crippen LogP contribution in [0.5, 0.6) is 5.75 Å². The second kappa shape index (κ2) is 11.4. The van der Waals surface area contributed by atoms with Crippen molar-refractivity contribution in [1.82, 2.24) is 20.4 Å². The molecule has 0 amide bonds. The molecule has 1 aromatic rings. The van der Waals surface area contributed by atoms with E-state index in [0.29, 0.717) is 6.04 Å². The van der Waals surface area contributed by atoms with Crippen molar-refractivity contribution in [2.24, 2.45) is 10.9 Å². The second-order valence-electron chi connectivity index (χ2n) is 8.47.